The van der Waals surface area contributed by atoms with Gasteiger partial charge in [0.25, 0.3) is 0 Å². The number of methoxy groups -OCH3 is 2. The van der Waals surface area contributed by atoms with Crippen molar-refractivity contribution in [3.63, 3.8) is 0 Å². The molecule has 0 saturated carbocycles. The largest absolute Gasteiger partial charge is 0.494 e. The van der Waals surface area contributed by atoms with Crippen LogP contribution in [0.2, 0.25) is 0 Å². The molecule has 1 aromatic rings. The zero-order valence-electron chi connectivity index (χ0n) is 10.7. The molecule has 98 valence electrons. The Kier molecular flexibility index (Phi) is 4.04. The lowest BCUT2D eigenvalue weighted by Crippen LogP contribution is -2.22. The standard InChI is InChI=1S/C13H18N2O3/c1-16-10-4-3-5-11(17-2)12(10)15-13(14)9-6-7-18-8-9/h3-5,9H,6-8H2,1-2H3,(H2,14,15)/t9-/m0/s1. The van der Waals surface area contributed by atoms with Crippen LogP contribution in [0.1, 0.15) is 6.42 Å². The molecule has 1 aromatic carbocycles. The monoisotopic (exact) mass is 250 g/mol. The van der Waals surface area contributed by atoms with Crippen molar-refractivity contribution in [2.24, 2.45) is 5.92 Å². The van der Waals surface area contributed by atoms with Gasteiger partial charge in [0.1, 0.15) is 23.0 Å². The zero-order chi connectivity index (χ0) is 13.0. The number of para-hydroxylation sites is 1. The molecule has 0 bridgehead atoms. The lowest BCUT2D eigenvalue weighted by atomic mass is 10.1. The first-order valence-electron chi connectivity index (χ1n) is 5.90. The molecule has 1 atom stereocenters. The molecule has 1 aliphatic heterocycles. The van der Waals surface area contributed by atoms with Crippen LogP contribution >= 0.6 is 0 Å². The van der Waals surface area contributed by atoms with E-state index in [0.717, 1.165) is 13.0 Å². The van der Waals surface area contributed by atoms with Crippen molar-refractivity contribution in [1.29, 1.82) is 5.41 Å². The summed E-state index contributed by atoms with van der Waals surface area (Å²) in [5, 5.41) is 11.1. The fourth-order valence-corrected chi connectivity index (χ4v) is 1.97. The predicted octanol–water partition coefficient (Wildman–Crippen LogP) is 2.13. The molecule has 18 heavy (non-hydrogen) atoms. The summed E-state index contributed by atoms with van der Waals surface area (Å²) in [5.74, 6) is 1.89. The smallest absolute Gasteiger partial charge is 0.146 e. The van der Waals surface area contributed by atoms with E-state index in [2.05, 4.69) is 5.32 Å². The summed E-state index contributed by atoms with van der Waals surface area (Å²) in [6.07, 6.45) is 0.878. The van der Waals surface area contributed by atoms with Gasteiger partial charge < -0.3 is 19.5 Å². The molecule has 0 aromatic heterocycles. The Morgan fingerprint density at radius 1 is 1.33 bits per heavy atom. The van der Waals surface area contributed by atoms with Crippen LogP contribution in [0.25, 0.3) is 0 Å². The van der Waals surface area contributed by atoms with Crippen LogP contribution in [-0.2, 0) is 4.74 Å². The second-order valence-corrected chi connectivity index (χ2v) is 4.14. The molecule has 2 N–H and O–H groups in total. The molecule has 5 nitrogen and oxygen atoms in total. The van der Waals surface area contributed by atoms with Crippen LogP contribution in [0, 0.1) is 11.3 Å². The van der Waals surface area contributed by atoms with Gasteiger partial charge in [-0.25, -0.2) is 0 Å². The number of hydrogen-bond donors (Lipinski definition) is 2. The summed E-state index contributed by atoms with van der Waals surface area (Å²) in [5.41, 5.74) is 0.694. The Labute approximate surface area is 107 Å². The molecule has 1 heterocycles. The Bertz CT molecular complexity index is 406. The van der Waals surface area contributed by atoms with Gasteiger partial charge in [-0.2, -0.15) is 0 Å². The summed E-state index contributed by atoms with van der Waals surface area (Å²) >= 11 is 0. The summed E-state index contributed by atoms with van der Waals surface area (Å²) < 4.78 is 15.8. The fourth-order valence-electron chi connectivity index (χ4n) is 1.97. The van der Waals surface area contributed by atoms with E-state index in [0.29, 0.717) is 29.6 Å². The Morgan fingerprint density at radius 2 is 2.00 bits per heavy atom. The second-order valence-electron chi connectivity index (χ2n) is 4.14. The predicted molar refractivity (Wildman–Crippen MR) is 69.8 cm³/mol. The van der Waals surface area contributed by atoms with Gasteiger partial charge in [0.2, 0.25) is 0 Å². The van der Waals surface area contributed by atoms with E-state index in [9.17, 15) is 0 Å². The van der Waals surface area contributed by atoms with Crippen LogP contribution in [0.4, 0.5) is 5.69 Å². The highest BCUT2D eigenvalue weighted by molar-refractivity contribution is 5.97. The number of rotatable bonds is 4. The SMILES string of the molecule is COc1cccc(OC)c1NC(=N)[C@H]1CCOC1. The van der Waals surface area contributed by atoms with Crippen LogP contribution in [0.5, 0.6) is 11.5 Å². The van der Waals surface area contributed by atoms with Crippen LogP contribution in [0.3, 0.4) is 0 Å². The number of nitrogens with one attached hydrogen (secondary N) is 2. The molecule has 5 heteroatoms. The van der Waals surface area contributed by atoms with Gasteiger partial charge >= 0.3 is 0 Å². The molecule has 1 fully saturated rings. The minimum Gasteiger partial charge on any atom is -0.494 e. The second kappa shape index (κ2) is 5.73. The van der Waals surface area contributed by atoms with E-state index < -0.39 is 0 Å². The van der Waals surface area contributed by atoms with Gasteiger partial charge in [-0.05, 0) is 18.6 Å². The van der Waals surface area contributed by atoms with Crippen LogP contribution in [0.15, 0.2) is 18.2 Å². The minimum atomic E-state index is 0.125. The highest BCUT2D eigenvalue weighted by Gasteiger charge is 2.22. The quantitative estimate of drug-likeness (QED) is 0.634. The van der Waals surface area contributed by atoms with Crippen molar-refractivity contribution in [2.45, 2.75) is 6.42 Å². The first-order chi connectivity index (χ1) is 8.76. The zero-order valence-corrected chi connectivity index (χ0v) is 10.7. The lowest BCUT2D eigenvalue weighted by Gasteiger charge is -2.17. The Balaban J connectivity index is 2.18. The maximum Gasteiger partial charge on any atom is 0.146 e. The first-order valence-corrected chi connectivity index (χ1v) is 5.90. The van der Waals surface area contributed by atoms with Crippen molar-refractivity contribution in [3.05, 3.63) is 18.2 Å². The Morgan fingerprint density at radius 3 is 2.50 bits per heavy atom. The average molecular weight is 250 g/mol. The molecular formula is C13H18N2O3. The molecular weight excluding hydrogens is 232 g/mol. The van der Waals surface area contributed by atoms with E-state index in [1.165, 1.54) is 0 Å². The summed E-state index contributed by atoms with van der Waals surface area (Å²) in [6.45, 7) is 1.32. The third kappa shape index (κ3) is 2.56. The average Bonchev–Trinajstić information content (AvgIpc) is 2.93. The van der Waals surface area contributed by atoms with Crippen molar-refractivity contribution < 1.29 is 14.2 Å². The van der Waals surface area contributed by atoms with Crippen molar-refractivity contribution >= 4 is 11.5 Å². The number of anilines is 1. The topological polar surface area (TPSA) is 63.6 Å². The van der Waals surface area contributed by atoms with Gasteiger partial charge in [-0.1, -0.05) is 6.07 Å². The Hall–Kier alpha value is -1.75. The third-order valence-corrected chi connectivity index (χ3v) is 3.03. The lowest BCUT2D eigenvalue weighted by molar-refractivity contribution is 0.193. The first kappa shape index (κ1) is 12.7. The minimum absolute atomic E-state index is 0.125. The van der Waals surface area contributed by atoms with Crippen LogP contribution in [-0.4, -0.2) is 33.3 Å². The number of ether oxygens (including phenoxy) is 3. The molecule has 0 aliphatic carbocycles. The number of hydrogen-bond acceptors (Lipinski definition) is 4. The highest BCUT2D eigenvalue weighted by Crippen LogP contribution is 2.34. The molecule has 0 amide bonds. The van der Waals surface area contributed by atoms with Crippen molar-refractivity contribution in [3.8, 4) is 11.5 Å². The van der Waals surface area contributed by atoms with E-state index >= 15 is 0 Å². The maximum absolute atomic E-state index is 8.06. The molecule has 0 spiro atoms. The van der Waals surface area contributed by atoms with Crippen LogP contribution < -0.4 is 14.8 Å². The molecule has 0 unspecified atom stereocenters. The van der Waals surface area contributed by atoms with Gasteiger partial charge in [0, 0.05) is 12.5 Å². The highest BCUT2D eigenvalue weighted by atomic mass is 16.5. The van der Waals surface area contributed by atoms with Gasteiger partial charge in [-0.3, -0.25) is 5.41 Å². The van der Waals surface area contributed by atoms with Crippen molar-refractivity contribution in [1.82, 2.24) is 0 Å². The summed E-state index contributed by atoms with van der Waals surface area (Å²) in [4.78, 5) is 0. The molecule has 0 radical (unpaired) electrons. The molecule has 2 rings (SSSR count). The van der Waals surface area contributed by atoms with E-state index in [4.69, 9.17) is 19.6 Å². The number of benzene rings is 1. The molecule has 1 saturated heterocycles. The van der Waals surface area contributed by atoms with E-state index in [1.54, 1.807) is 14.2 Å². The summed E-state index contributed by atoms with van der Waals surface area (Å²) in [7, 11) is 3.20. The van der Waals surface area contributed by atoms with Crippen molar-refractivity contribution in [2.75, 3.05) is 32.8 Å². The fraction of sp³-hybridized carbons (Fsp3) is 0.462. The van der Waals surface area contributed by atoms with E-state index in [-0.39, 0.29) is 5.92 Å². The maximum atomic E-state index is 8.06. The third-order valence-electron chi connectivity index (χ3n) is 3.03. The van der Waals surface area contributed by atoms with Gasteiger partial charge in [0.05, 0.1) is 20.8 Å². The van der Waals surface area contributed by atoms with Gasteiger partial charge in [0.15, 0.2) is 0 Å². The van der Waals surface area contributed by atoms with Gasteiger partial charge in [-0.15, -0.1) is 0 Å². The normalized spacial score (nSPS) is 18.4. The molecule has 1 aliphatic rings. The van der Waals surface area contributed by atoms with E-state index in [1.807, 2.05) is 18.2 Å². The summed E-state index contributed by atoms with van der Waals surface area (Å²) in [6, 6.07) is 5.53. The number of amidine groups is 1.